The lowest BCUT2D eigenvalue weighted by molar-refractivity contribution is -0.137. The third kappa shape index (κ3) is 4.94. The number of carboxylic acid groups (broad SMARTS) is 1. The first kappa shape index (κ1) is 23.9. The molecule has 1 aliphatic heterocycles. The van der Waals surface area contributed by atoms with E-state index in [9.17, 15) is 14.7 Å². The molecular formula is C26H37N3O4S. The summed E-state index contributed by atoms with van der Waals surface area (Å²) in [5.41, 5.74) is 0.109. The van der Waals surface area contributed by atoms with Crippen LogP contribution in [0.25, 0.3) is 0 Å². The molecule has 3 bridgehead atoms. The topological polar surface area (TPSA) is 103 Å². The summed E-state index contributed by atoms with van der Waals surface area (Å²) in [6.07, 6.45) is 7.93. The van der Waals surface area contributed by atoms with Crippen LogP contribution in [-0.4, -0.2) is 57.6 Å². The zero-order valence-corrected chi connectivity index (χ0v) is 20.9. The molecule has 1 amide bonds. The molecule has 5 rings (SSSR count). The van der Waals surface area contributed by atoms with Gasteiger partial charge in [-0.1, -0.05) is 6.92 Å². The van der Waals surface area contributed by atoms with E-state index in [1.807, 2.05) is 12.1 Å². The molecule has 4 aliphatic rings. The number of carboxylic acids is 1. The maximum atomic E-state index is 13.4. The first-order valence-corrected chi connectivity index (χ1v) is 14.0. The first-order valence-electron chi connectivity index (χ1n) is 13.0. The summed E-state index contributed by atoms with van der Waals surface area (Å²) in [7, 11) is 0. The number of nitrogens with one attached hydrogen (secondary N) is 1. The fourth-order valence-electron chi connectivity index (χ4n) is 6.97. The molecule has 0 spiro atoms. The number of thioether (sulfide) groups is 1. The fourth-order valence-corrected chi connectivity index (χ4v) is 7.84. The minimum atomic E-state index is -0.752. The van der Waals surface area contributed by atoms with Gasteiger partial charge in [0.25, 0.3) is 5.91 Å². The highest BCUT2D eigenvalue weighted by Crippen LogP contribution is 2.54. The van der Waals surface area contributed by atoms with Crippen molar-refractivity contribution in [2.24, 2.45) is 23.7 Å². The van der Waals surface area contributed by atoms with Gasteiger partial charge in [0.1, 0.15) is 10.8 Å². The number of rotatable bonds is 8. The number of amides is 1. The smallest absolute Gasteiger partial charge is 0.303 e. The van der Waals surface area contributed by atoms with E-state index in [0.717, 1.165) is 74.5 Å². The van der Waals surface area contributed by atoms with Crippen LogP contribution in [0.15, 0.2) is 17.2 Å². The SMILES string of the molecule is CCCSc1nc(N2CC[C@H](CC(=O)O)C2)ccc1C(=O)N[C@@H]1CC2CC[C@@]3(O)CC2CC1C3. The summed E-state index contributed by atoms with van der Waals surface area (Å²) in [6.45, 7) is 3.61. The number of pyridine rings is 1. The van der Waals surface area contributed by atoms with Crippen molar-refractivity contribution in [1.29, 1.82) is 0 Å². The molecule has 0 radical (unpaired) electrons. The first-order chi connectivity index (χ1) is 16.3. The van der Waals surface area contributed by atoms with Crippen LogP contribution in [0.5, 0.6) is 0 Å². The van der Waals surface area contributed by atoms with Crippen LogP contribution in [0.4, 0.5) is 5.82 Å². The Morgan fingerprint density at radius 1 is 1.21 bits per heavy atom. The predicted molar refractivity (Wildman–Crippen MR) is 132 cm³/mol. The molecule has 3 aliphatic carbocycles. The van der Waals surface area contributed by atoms with E-state index in [4.69, 9.17) is 10.1 Å². The van der Waals surface area contributed by atoms with Gasteiger partial charge in [-0.05, 0) is 92.9 Å². The number of aliphatic carboxylic acids is 1. The standard InChI is InChI=1S/C26H37N3O4S/c1-2-9-34-25-20(3-4-22(28-25)29-8-6-16(15-29)10-23(30)31)24(32)27-21-12-17-5-7-26(33)13-18(17)11-19(21)14-26/h3-4,16-19,21,33H,2,5-15H2,1H3,(H,27,32)(H,30,31)/t16-,17?,18?,19?,21-,26-/m1/s1. The molecule has 6 atom stereocenters. The number of aliphatic hydroxyl groups is 1. The van der Waals surface area contributed by atoms with Gasteiger partial charge in [-0.25, -0.2) is 4.98 Å². The van der Waals surface area contributed by atoms with Gasteiger partial charge in [0.2, 0.25) is 0 Å². The molecule has 2 heterocycles. The number of hydrogen-bond donors (Lipinski definition) is 3. The molecule has 1 aromatic rings. The van der Waals surface area contributed by atoms with Crippen LogP contribution in [-0.2, 0) is 4.79 Å². The Morgan fingerprint density at radius 3 is 2.82 bits per heavy atom. The van der Waals surface area contributed by atoms with Crippen molar-refractivity contribution in [3.8, 4) is 0 Å². The molecule has 4 fully saturated rings. The van der Waals surface area contributed by atoms with E-state index < -0.39 is 11.6 Å². The number of aromatic nitrogens is 1. The largest absolute Gasteiger partial charge is 0.481 e. The normalized spacial score (nSPS) is 34.3. The van der Waals surface area contributed by atoms with Crippen molar-refractivity contribution in [3.05, 3.63) is 17.7 Å². The highest BCUT2D eigenvalue weighted by molar-refractivity contribution is 7.99. The summed E-state index contributed by atoms with van der Waals surface area (Å²) in [4.78, 5) is 31.5. The Hall–Kier alpha value is -1.80. The van der Waals surface area contributed by atoms with Crippen LogP contribution in [0.1, 0.15) is 75.1 Å². The maximum Gasteiger partial charge on any atom is 0.303 e. The van der Waals surface area contributed by atoms with Gasteiger partial charge in [0, 0.05) is 25.6 Å². The minimum absolute atomic E-state index is 0.0558. The van der Waals surface area contributed by atoms with Gasteiger partial charge in [0.05, 0.1) is 11.2 Å². The van der Waals surface area contributed by atoms with Gasteiger partial charge in [-0.15, -0.1) is 11.8 Å². The van der Waals surface area contributed by atoms with Gasteiger partial charge in [-0.3, -0.25) is 9.59 Å². The summed E-state index contributed by atoms with van der Waals surface area (Å²) >= 11 is 1.62. The van der Waals surface area contributed by atoms with Crippen molar-refractivity contribution >= 4 is 29.5 Å². The van der Waals surface area contributed by atoms with Crippen molar-refractivity contribution in [1.82, 2.24) is 10.3 Å². The summed E-state index contributed by atoms with van der Waals surface area (Å²) in [5.74, 6) is 2.65. The Kier molecular flexibility index (Phi) is 6.81. The number of carbonyl (C=O) groups excluding carboxylic acids is 1. The van der Waals surface area contributed by atoms with Crippen LogP contribution < -0.4 is 10.2 Å². The van der Waals surface area contributed by atoms with Crippen LogP contribution >= 0.6 is 11.8 Å². The van der Waals surface area contributed by atoms with E-state index >= 15 is 0 Å². The molecule has 0 aromatic carbocycles. The van der Waals surface area contributed by atoms with Crippen molar-refractivity contribution in [2.75, 3.05) is 23.7 Å². The van der Waals surface area contributed by atoms with E-state index in [-0.39, 0.29) is 24.3 Å². The van der Waals surface area contributed by atoms with Crippen LogP contribution in [0.3, 0.4) is 0 Å². The number of fused-ring (bicyclic) bond motifs is 2. The second-order valence-corrected chi connectivity index (χ2v) is 12.2. The molecule has 34 heavy (non-hydrogen) atoms. The van der Waals surface area contributed by atoms with Gasteiger partial charge in [0.15, 0.2) is 0 Å². The third-order valence-electron chi connectivity index (χ3n) is 8.59. The van der Waals surface area contributed by atoms with Gasteiger partial charge >= 0.3 is 5.97 Å². The number of nitrogens with zero attached hydrogens (tertiary/aromatic N) is 2. The van der Waals surface area contributed by atoms with Gasteiger partial charge in [-0.2, -0.15) is 0 Å². The number of hydrogen-bond acceptors (Lipinski definition) is 6. The highest BCUT2D eigenvalue weighted by Gasteiger charge is 2.51. The molecule has 7 nitrogen and oxygen atoms in total. The lowest BCUT2D eigenvalue weighted by atomic mass is 9.54. The molecule has 3 unspecified atom stereocenters. The monoisotopic (exact) mass is 487 g/mol. The van der Waals surface area contributed by atoms with E-state index in [1.54, 1.807) is 11.8 Å². The van der Waals surface area contributed by atoms with E-state index in [2.05, 4.69) is 17.1 Å². The molecule has 1 saturated heterocycles. The summed E-state index contributed by atoms with van der Waals surface area (Å²) in [5, 5.41) is 24.2. The van der Waals surface area contributed by atoms with Gasteiger partial charge < -0.3 is 20.4 Å². The average Bonchev–Trinajstić information content (AvgIpc) is 3.25. The lowest BCUT2D eigenvalue weighted by Crippen LogP contribution is -2.56. The van der Waals surface area contributed by atoms with Crippen molar-refractivity contribution < 1.29 is 19.8 Å². The van der Waals surface area contributed by atoms with Crippen molar-refractivity contribution in [2.45, 2.75) is 81.4 Å². The second-order valence-electron chi connectivity index (χ2n) is 11.1. The number of carbonyl (C=O) groups is 2. The Labute approximate surface area is 206 Å². The lowest BCUT2D eigenvalue weighted by Gasteiger charge is -2.55. The number of anilines is 1. The second kappa shape index (κ2) is 9.69. The quantitative estimate of drug-likeness (QED) is 0.477. The fraction of sp³-hybridized carbons (Fsp3) is 0.731. The summed E-state index contributed by atoms with van der Waals surface area (Å²) < 4.78 is 0. The van der Waals surface area contributed by atoms with Crippen molar-refractivity contribution in [3.63, 3.8) is 0 Å². The van der Waals surface area contributed by atoms with Crippen LogP contribution in [0, 0.1) is 23.7 Å². The molecular weight excluding hydrogens is 450 g/mol. The molecule has 1 aromatic heterocycles. The zero-order valence-electron chi connectivity index (χ0n) is 20.0. The maximum absolute atomic E-state index is 13.4. The van der Waals surface area contributed by atoms with E-state index in [0.29, 0.717) is 29.9 Å². The third-order valence-corrected chi connectivity index (χ3v) is 9.78. The Morgan fingerprint density at radius 2 is 2.03 bits per heavy atom. The summed E-state index contributed by atoms with van der Waals surface area (Å²) in [6, 6.07) is 3.93. The molecule has 3 saturated carbocycles. The predicted octanol–water partition coefficient (Wildman–Crippen LogP) is 3.94. The Bertz CT molecular complexity index is 943. The molecule has 8 heteroatoms. The minimum Gasteiger partial charge on any atom is -0.481 e. The van der Waals surface area contributed by atoms with Crippen LogP contribution in [0.2, 0.25) is 0 Å². The highest BCUT2D eigenvalue weighted by atomic mass is 32.2. The zero-order chi connectivity index (χ0) is 23.9. The molecule has 186 valence electrons. The molecule has 3 N–H and O–H groups in total. The average molecular weight is 488 g/mol. The van der Waals surface area contributed by atoms with E-state index in [1.165, 1.54) is 0 Å². The Balaban J connectivity index is 1.30.